The number of halogens is 1. The van der Waals surface area contributed by atoms with Gasteiger partial charge in [0.25, 0.3) is 15.9 Å². The lowest BCUT2D eigenvalue weighted by Gasteiger charge is -2.41. The van der Waals surface area contributed by atoms with E-state index in [9.17, 15) is 13.5 Å². The highest BCUT2D eigenvalue weighted by molar-refractivity contribution is 7.93. The van der Waals surface area contributed by atoms with E-state index in [1.165, 1.54) is 63.1 Å². The number of likely N-dealkylation sites (tertiary alicyclic amines) is 1. The van der Waals surface area contributed by atoms with Gasteiger partial charge >= 0.3 is 0 Å². The number of nitrogens with zero attached hydrogens (tertiary/aromatic N) is 3. The van der Waals surface area contributed by atoms with Crippen LogP contribution in [0, 0.1) is 0 Å². The molecule has 44 heavy (non-hydrogen) atoms. The molecule has 0 saturated carbocycles. The highest BCUT2D eigenvalue weighted by Crippen LogP contribution is 2.56. The quantitative estimate of drug-likeness (QED) is 0.278. The second-order valence-corrected chi connectivity index (χ2v) is 12.8. The van der Waals surface area contributed by atoms with Crippen molar-refractivity contribution in [2.24, 2.45) is 0 Å². The summed E-state index contributed by atoms with van der Waals surface area (Å²) < 4.78 is 46.4. The van der Waals surface area contributed by atoms with Crippen LogP contribution in [-0.2, 0) is 26.9 Å². The number of amides is 1. The van der Waals surface area contributed by atoms with Crippen molar-refractivity contribution in [1.29, 1.82) is 0 Å². The summed E-state index contributed by atoms with van der Waals surface area (Å²) in [6, 6.07) is 15.2. The van der Waals surface area contributed by atoms with Crippen LogP contribution in [-0.4, -0.2) is 63.2 Å². The number of hydrogen-bond acceptors (Lipinski definition) is 10. The van der Waals surface area contributed by atoms with E-state index < -0.39 is 33.6 Å². The topological polar surface area (TPSA) is 134 Å². The van der Waals surface area contributed by atoms with Gasteiger partial charge < -0.3 is 24.3 Å². The van der Waals surface area contributed by atoms with Gasteiger partial charge in [-0.2, -0.15) is 0 Å². The van der Waals surface area contributed by atoms with Gasteiger partial charge in [0.2, 0.25) is 5.89 Å². The molecule has 2 aliphatic heterocycles. The number of ether oxygens (including phenoxy) is 2. The molecule has 1 amide bonds. The molecule has 0 bridgehead atoms. The van der Waals surface area contributed by atoms with Crippen LogP contribution in [0.15, 0.2) is 82.4 Å². The Hall–Kier alpha value is -3.94. The van der Waals surface area contributed by atoms with Crippen molar-refractivity contribution in [3.8, 4) is 11.5 Å². The lowest BCUT2D eigenvalue weighted by molar-refractivity contribution is -0.127. The minimum atomic E-state index is -4.46. The Morgan fingerprint density at radius 2 is 1.86 bits per heavy atom. The number of hydrogen-bond donors (Lipinski definition) is 2. The molecular formula is C31H31ClN4O7S. The molecule has 0 aliphatic carbocycles. The van der Waals surface area contributed by atoms with Gasteiger partial charge in [0.05, 0.1) is 43.1 Å². The summed E-state index contributed by atoms with van der Waals surface area (Å²) in [5.74, 6) is 0.313. The van der Waals surface area contributed by atoms with Gasteiger partial charge in [-0.3, -0.25) is 9.69 Å². The monoisotopic (exact) mass is 638 g/mol. The molecule has 0 radical (unpaired) electrons. The number of benzene rings is 3. The third kappa shape index (κ3) is 4.65. The first-order valence-electron chi connectivity index (χ1n) is 13.9. The van der Waals surface area contributed by atoms with Gasteiger partial charge in [0.15, 0.2) is 5.54 Å². The molecule has 6 rings (SSSR count). The standard InChI is InChI=1S/C31H31ClN4O7S/c1-33-17-19-4-10-24(28(14-19)42-3)31(35-18-21(37)16-27(35)29-34-12-13-43-29)25-15-20(32)5-11-26(25)36(30(31)38)44(39,40)23-8-6-22(41-2)7-9-23/h4-15,21,27,33,37H,16-18H2,1-3H3/t21-,27+,31?/m1/s1. The number of nitrogens with one attached hydrogen (secondary N) is 1. The predicted octanol–water partition coefficient (Wildman–Crippen LogP) is 3.85. The normalized spacial score (nSPS) is 21.9. The number of fused-ring (bicyclic) bond motifs is 1. The van der Waals surface area contributed by atoms with E-state index in [0.29, 0.717) is 34.2 Å². The number of aromatic nitrogens is 1. The summed E-state index contributed by atoms with van der Waals surface area (Å²) in [6.45, 7) is 0.530. The van der Waals surface area contributed by atoms with Gasteiger partial charge in [-0.1, -0.05) is 23.7 Å². The van der Waals surface area contributed by atoms with Crippen molar-refractivity contribution in [3.63, 3.8) is 0 Å². The van der Waals surface area contributed by atoms with E-state index in [2.05, 4.69) is 10.3 Å². The van der Waals surface area contributed by atoms with Gasteiger partial charge in [-0.25, -0.2) is 17.7 Å². The molecule has 11 nitrogen and oxygen atoms in total. The third-order valence-corrected chi connectivity index (χ3v) is 10.1. The fourth-order valence-electron chi connectivity index (χ4n) is 6.30. The lowest BCUT2D eigenvalue weighted by atomic mass is 9.80. The Morgan fingerprint density at radius 3 is 2.52 bits per heavy atom. The summed E-state index contributed by atoms with van der Waals surface area (Å²) >= 11 is 6.58. The number of carbonyl (C=O) groups is 1. The molecule has 2 N–H and O–H groups in total. The van der Waals surface area contributed by atoms with Crippen LogP contribution in [0.1, 0.15) is 35.0 Å². The summed E-state index contributed by atoms with van der Waals surface area (Å²) in [5, 5.41) is 14.4. The molecule has 13 heteroatoms. The number of anilines is 1. The minimum absolute atomic E-state index is 0.00256. The first kappa shape index (κ1) is 30.1. The Morgan fingerprint density at radius 1 is 1.09 bits per heavy atom. The average molecular weight is 639 g/mol. The van der Waals surface area contributed by atoms with Crippen LogP contribution in [0.5, 0.6) is 11.5 Å². The van der Waals surface area contributed by atoms with Crippen LogP contribution in [0.3, 0.4) is 0 Å². The largest absolute Gasteiger partial charge is 0.497 e. The number of aliphatic hydroxyl groups excluding tert-OH is 1. The highest BCUT2D eigenvalue weighted by Gasteiger charge is 2.63. The maximum Gasteiger partial charge on any atom is 0.271 e. The Labute approximate surface area is 260 Å². The zero-order valence-electron chi connectivity index (χ0n) is 24.2. The van der Waals surface area contributed by atoms with Crippen molar-refractivity contribution < 1.29 is 32.2 Å². The van der Waals surface area contributed by atoms with Crippen LogP contribution in [0.2, 0.25) is 5.02 Å². The zero-order valence-corrected chi connectivity index (χ0v) is 25.8. The van der Waals surface area contributed by atoms with Gasteiger partial charge in [-0.05, 0) is 67.6 Å². The lowest BCUT2D eigenvalue weighted by Crippen LogP contribution is -2.55. The molecule has 4 aromatic rings. The number of rotatable bonds is 9. The summed E-state index contributed by atoms with van der Waals surface area (Å²) in [7, 11) is 0.320. The maximum atomic E-state index is 15.3. The van der Waals surface area contributed by atoms with Crippen LogP contribution >= 0.6 is 11.6 Å². The number of carbonyl (C=O) groups excluding carboxylic acids is 1. The number of aliphatic hydroxyl groups is 1. The molecule has 230 valence electrons. The van der Waals surface area contributed by atoms with Crippen molar-refractivity contribution in [2.75, 3.05) is 32.1 Å². The maximum absolute atomic E-state index is 15.3. The molecule has 1 unspecified atom stereocenters. The minimum Gasteiger partial charge on any atom is -0.497 e. The SMILES string of the molecule is CNCc1ccc(C2(N3C[C@H](O)C[C@H]3c3ncco3)C(=O)N(S(=O)(=O)c3ccc(OC)cc3)c3ccc(Cl)cc32)c(OC)c1. The van der Waals surface area contributed by atoms with Crippen LogP contribution in [0.25, 0.3) is 0 Å². The number of oxazole rings is 1. The molecule has 1 aromatic heterocycles. The second-order valence-electron chi connectivity index (χ2n) is 10.6. The van der Waals surface area contributed by atoms with E-state index in [0.717, 1.165) is 9.87 Å². The van der Waals surface area contributed by atoms with Gasteiger partial charge in [0, 0.05) is 29.2 Å². The van der Waals surface area contributed by atoms with Crippen molar-refractivity contribution in [3.05, 3.63) is 101 Å². The van der Waals surface area contributed by atoms with Crippen LogP contribution in [0.4, 0.5) is 5.69 Å². The van der Waals surface area contributed by atoms with E-state index in [1.54, 1.807) is 23.1 Å². The highest BCUT2D eigenvalue weighted by atomic mass is 35.5. The van der Waals surface area contributed by atoms with E-state index in [4.69, 9.17) is 25.5 Å². The van der Waals surface area contributed by atoms with Crippen molar-refractivity contribution in [2.45, 2.75) is 35.5 Å². The van der Waals surface area contributed by atoms with E-state index >= 15 is 4.79 Å². The number of β-amino-alcohol motifs (C(OH)–C–C–N with tert-alkyl or cyclic N) is 1. The van der Waals surface area contributed by atoms with E-state index in [1.807, 2.05) is 13.1 Å². The molecule has 3 aromatic carbocycles. The zero-order chi connectivity index (χ0) is 31.2. The molecule has 0 spiro atoms. The van der Waals surface area contributed by atoms with E-state index in [-0.39, 0.29) is 29.4 Å². The average Bonchev–Trinajstić information content (AvgIpc) is 3.74. The molecule has 2 aliphatic rings. The number of sulfonamides is 1. The van der Waals surface area contributed by atoms with Crippen LogP contribution < -0.4 is 19.1 Å². The molecule has 3 heterocycles. The molecule has 1 saturated heterocycles. The number of methoxy groups -OCH3 is 2. The fourth-order valence-corrected chi connectivity index (χ4v) is 7.93. The van der Waals surface area contributed by atoms with Gasteiger partial charge in [0.1, 0.15) is 17.8 Å². The van der Waals surface area contributed by atoms with Crippen molar-refractivity contribution in [1.82, 2.24) is 15.2 Å². The first-order chi connectivity index (χ1) is 21.2. The van der Waals surface area contributed by atoms with Crippen molar-refractivity contribution >= 4 is 33.2 Å². The summed E-state index contributed by atoms with van der Waals surface area (Å²) in [5.41, 5.74) is -0.110. The third-order valence-electron chi connectivity index (χ3n) is 8.14. The fraction of sp³-hybridized carbons (Fsp3) is 0.290. The summed E-state index contributed by atoms with van der Waals surface area (Å²) in [4.78, 5) is 21.3. The summed E-state index contributed by atoms with van der Waals surface area (Å²) in [6.07, 6.45) is 2.22. The van der Waals surface area contributed by atoms with Gasteiger partial charge in [-0.15, -0.1) is 0 Å². The molecule has 1 fully saturated rings. The first-order valence-corrected chi connectivity index (χ1v) is 15.7. The molecular weight excluding hydrogens is 608 g/mol. The molecule has 3 atom stereocenters. The second kappa shape index (κ2) is 11.5. The Bertz CT molecular complexity index is 1800. The predicted molar refractivity (Wildman–Crippen MR) is 162 cm³/mol. The smallest absolute Gasteiger partial charge is 0.271 e. The Balaban J connectivity index is 1.66. The Kier molecular flexibility index (Phi) is 7.89.